The predicted octanol–water partition coefficient (Wildman–Crippen LogP) is 3.83. The number of anilines is 2. The number of aliphatic hydroxyl groups is 1. The fraction of sp³-hybridized carbons (Fsp3) is 0.542. The average Bonchev–Trinajstić information content (AvgIpc) is 3.05. The van der Waals surface area contributed by atoms with E-state index in [9.17, 15) is 5.11 Å². The Morgan fingerprint density at radius 1 is 1.29 bits per heavy atom. The first-order valence-corrected chi connectivity index (χ1v) is 12.0. The molecule has 2 aliphatic rings. The molecule has 0 amide bonds. The molecule has 0 saturated carbocycles. The molecule has 3 aromatic rings. The van der Waals surface area contributed by atoms with Crippen molar-refractivity contribution in [3.05, 3.63) is 40.8 Å². The lowest BCUT2D eigenvalue weighted by Gasteiger charge is -2.43. The molecule has 8 nitrogen and oxygen atoms in total. The first-order chi connectivity index (χ1) is 16.2. The third kappa shape index (κ3) is 4.75. The molecular formula is C24H30ClFN6O2. The van der Waals surface area contributed by atoms with Gasteiger partial charge in [-0.3, -0.25) is 4.90 Å². The Morgan fingerprint density at radius 2 is 2.09 bits per heavy atom. The van der Waals surface area contributed by atoms with Crippen LogP contribution in [-0.4, -0.2) is 73.9 Å². The van der Waals surface area contributed by atoms with Crippen LogP contribution < -0.4 is 5.32 Å². The first kappa shape index (κ1) is 23.4. The summed E-state index contributed by atoms with van der Waals surface area (Å²) >= 11 is 6.43. The molecule has 2 aliphatic heterocycles. The number of aromatic nitrogens is 4. The summed E-state index contributed by atoms with van der Waals surface area (Å²) in [4.78, 5) is 11.3. The highest BCUT2D eigenvalue weighted by Gasteiger charge is 2.36. The van der Waals surface area contributed by atoms with Crippen LogP contribution in [0.5, 0.6) is 0 Å². The molecule has 2 N–H and O–H groups in total. The zero-order valence-electron chi connectivity index (χ0n) is 19.6. The van der Waals surface area contributed by atoms with Gasteiger partial charge in [0.15, 0.2) is 5.15 Å². The van der Waals surface area contributed by atoms with E-state index in [-0.39, 0.29) is 12.5 Å². The molecule has 4 heterocycles. The van der Waals surface area contributed by atoms with E-state index in [0.29, 0.717) is 42.6 Å². The predicted molar refractivity (Wildman–Crippen MR) is 130 cm³/mol. The first-order valence-electron chi connectivity index (χ1n) is 11.6. The van der Waals surface area contributed by atoms with Crippen LogP contribution in [0.4, 0.5) is 16.0 Å². The monoisotopic (exact) mass is 488 g/mol. The molecule has 34 heavy (non-hydrogen) atoms. The van der Waals surface area contributed by atoms with Gasteiger partial charge in [-0.25, -0.2) is 19.0 Å². The van der Waals surface area contributed by atoms with Crippen LogP contribution in [0.2, 0.25) is 5.15 Å². The molecule has 5 rings (SSSR count). The number of nitrogens with one attached hydrogen (secondary N) is 1. The lowest BCUT2D eigenvalue weighted by molar-refractivity contribution is -0.0807. The number of aryl methyl sites for hydroxylation is 1. The number of ether oxygens (including phenoxy) is 1. The Kier molecular flexibility index (Phi) is 6.22. The van der Waals surface area contributed by atoms with Gasteiger partial charge in [-0.15, -0.1) is 0 Å². The van der Waals surface area contributed by atoms with Gasteiger partial charge in [0.25, 0.3) is 0 Å². The molecule has 2 saturated heterocycles. The molecule has 2 atom stereocenters. The zero-order chi connectivity index (χ0) is 24.0. The van der Waals surface area contributed by atoms with Crippen LogP contribution in [0, 0.1) is 6.92 Å². The maximum atomic E-state index is 15.2. The summed E-state index contributed by atoms with van der Waals surface area (Å²) in [6.45, 7) is 8.40. The topological polar surface area (TPSA) is 88.3 Å². The number of alkyl halides is 1. The number of likely N-dealkylation sites (tertiary alicyclic amines) is 1. The average molecular weight is 489 g/mol. The summed E-state index contributed by atoms with van der Waals surface area (Å²) in [5.74, 6) is 0.228. The van der Waals surface area contributed by atoms with Crippen molar-refractivity contribution in [3.63, 3.8) is 0 Å². The van der Waals surface area contributed by atoms with Gasteiger partial charge < -0.3 is 15.2 Å². The molecule has 0 spiro atoms. The van der Waals surface area contributed by atoms with E-state index in [0.717, 1.165) is 35.0 Å². The van der Waals surface area contributed by atoms with E-state index in [1.54, 1.807) is 26.2 Å². The molecule has 2 aromatic heterocycles. The van der Waals surface area contributed by atoms with Crippen LogP contribution >= 0.6 is 11.6 Å². The van der Waals surface area contributed by atoms with Crippen molar-refractivity contribution >= 4 is 34.1 Å². The second kappa shape index (κ2) is 9.03. The number of nitrogens with zero attached hydrogens (tertiary/aromatic N) is 5. The van der Waals surface area contributed by atoms with Crippen molar-refractivity contribution < 1.29 is 14.2 Å². The summed E-state index contributed by atoms with van der Waals surface area (Å²) in [6, 6.07) is 4.38. The molecule has 0 aliphatic carbocycles. The van der Waals surface area contributed by atoms with E-state index in [1.165, 1.54) is 4.68 Å². The summed E-state index contributed by atoms with van der Waals surface area (Å²) in [7, 11) is 0. The number of rotatable bonds is 6. The van der Waals surface area contributed by atoms with Crippen LogP contribution in [0.15, 0.2) is 24.5 Å². The maximum Gasteiger partial charge on any atom is 0.227 e. The minimum Gasteiger partial charge on any atom is -0.389 e. The minimum absolute atomic E-state index is 0.150. The fourth-order valence-electron chi connectivity index (χ4n) is 4.76. The highest BCUT2D eigenvalue weighted by atomic mass is 35.5. The van der Waals surface area contributed by atoms with Gasteiger partial charge in [0.05, 0.1) is 48.8 Å². The molecule has 10 heteroatoms. The number of halogens is 2. The summed E-state index contributed by atoms with van der Waals surface area (Å²) < 4.78 is 22.0. The Morgan fingerprint density at radius 3 is 2.76 bits per heavy atom. The van der Waals surface area contributed by atoms with Crippen LogP contribution in [0.25, 0.3) is 10.9 Å². The van der Waals surface area contributed by atoms with E-state index in [1.807, 2.05) is 19.1 Å². The largest absolute Gasteiger partial charge is 0.389 e. The molecule has 1 aromatic carbocycles. The quantitative estimate of drug-likeness (QED) is 0.545. The van der Waals surface area contributed by atoms with Gasteiger partial charge >= 0.3 is 0 Å². The van der Waals surface area contributed by atoms with Crippen LogP contribution in [-0.2, 0) is 11.3 Å². The number of hydrogen-bond acceptors (Lipinski definition) is 7. The van der Waals surface area contributed by atoms with Gasteiger partial charge in [-0.05, 0) is 57.0 Å². The number of benzene rings is 1. The van der Waals surface area contributed by atoms with Gasteiger partial charge in [-0.1, -0.05) is 11.6 Å². The highest BCUT2D eigenvalue weighted by molar-refractivity contribution is 6.32. The van der Waals surface area contributed by atoms with E-state index in [4.69, 9.17) is 16.3 Å². The Labute approximate surface area is 203 Å². The molecule has 0 radical (unpaired) electrons. The van der Waals surface area contributed by atoms with Crippen molar-refractivity contribution in [2.75, 3.05) is 31.6 Å². The van der Waals surface area contributed by atoms with Gasteiger partial charge in [0.2, 0.25) is 5.95 Å². The standard InChI is InChI=1S/C24H30ClFN6O2/c1-14-6-15-8-27-23(30-21-9-28-32(22(21)25)13-24(2,3)33)29-20(15)7-18(14)17-4-5-31(10-19(17)26)16-11-34-12-16/h6-9,16-17,19,33H,4-5,10-13H2,1-3H3,(H,27,29,30)/t17-,19+/m0/s1. The van der Waals surface area contributed by atoms with Gasteiger partial charge in [-0.2, -0.15) is 5.10 Å². The van der Waals surface area contributed by atoms with Crippen molar-refractivity contribution in [2.24, 2.45) is 0 Å². The van der Waals surface area contributed by atoms with Crippen LogP contribution in [0.1, 0.15) is 37.3 Å². The van der Waals surface area contributed by atoms with E-state index in [2.05, 4.69) is 25.3 Å². The molecular weight excluding hydrogens is 459 g/mol. The van der Waals surface area contributed by atoms with Crippen molar-refractivity contribution in [1.82, 2.24) is 24.6 Å². The Hall–Kier alpha value is -2.33. The fourth-order valence-corrected chi connectivity index (χ4v) is 4.96. The number of fused-ring (bicyclic) bond motifs is 1. The lowest BCUT2D eigenvalue weighted by Crippen LogP contribution is -2.54. The summed E-state index contributed by atoms with van der Waals surface area (Å²) in [6.07, 6.45) is 3.18. The zero-order valence-corrected chi connectivity index (χ0v) is 20.4. The second-order valence-corrected chi connectivity index (χ2v) is 10.4. The van der Waals surface area contributed by atoms with Crippen molar-refractivity contribution in [2.45, 2.75) is 57.5 Å². The third-order valence-corrected chi connectivity index (χ3v) is 7.03. The van der Waals surface area contributed by atoms with Gasteiger partial charge in [0.1, 0.15) is 6.17 Å². The smallest absolute Gasteiger partial charge is 0.227 e. The third-order valence-electron chi connectivity index (χ3n) is 6.64. The van der Waals surface area contributed by atoms with Crippen molar-refractivity contribution in [1.29, 1.82) is 0 Å². The SMILES string of the molecule is Cc1cc2cnc(Nc3cnn(CC(C)(C)O)c3Cl)nc2cc1[C@@H]1CCN(C2COC2)C[C@H]1F. The van der Waals surface area contributed by atoms with Crippen molar-refractivity contribution in [3.8, 4) is 0 Å². The lowest BCUT2D eigenvalue weighted by atomic mass is 9.84. The number of hydrogen-bond donors (Lipinski definition) is 2. The maximum absolute atomic E-state index is 15.2. The Balaban J connectivity index is 1.37. The Bertz CT molecular complexity index is 1190. The van der Waals surface area contributed by atoms with E-state index < -0.39 is 11.8 Å². The molecule has 0 unspecified atom stereocenters. The molecule has 182 valence electrons. The molecule has 2 fully saturated rings. The van der Waals surface area contributed by atoms with Gasteiger partial charge in [0, 0.05) is 24.0 Å². The summed E-state index contributed by atoms with van der Waals surface area (Å²) in [5, 5.41) is 18.7. The number of piperidine rings is 1. The highest BCUT2D eigenvalue weighted by Crippen LogP contribution is 2.36. The minimum atomic E-state index is -0.948. The summed E-state index contributed by atoms with van der Waals surface area (Å²) in [5.41, 5.74) is 2.41. The second-order valence-electron chi connectivity index (χ2n) is 10.0. The van der Waals surface area contributed by atoms with Crippen LogP contribution in [0.3, 0.4) is 0 Å². The molecule has 0 bridgehead atoms. The normalized spacial score (nSPS) is 22.2. The van der Waals surface area contributed by atoms with E-state index >= 15 is 4.39 Å².